The highest BCUT2D eigenvalue weighted by Gasteiger charge is 2.19. The van der Waals surface area contributed by atoms with Crippen LogP contribution in [0.4, 0.5) is 0 Å². The molecule has 17 heavy (non-hydrogen) atoms. The van der Waals surface area contributed by atoms with Crippen LogP contribution in [-0.4, -0.2) is 24.6 Å². The first-order valence-electron chi connectivity index (χ1n) is 5.85. The Bertz CT molecular complexity index is 383. The van der Waals surface area contributed by atoms with E-state index in [2.05, 4.69) is 0 Å². The molecule has 0 radical (unpaired) electrons. The largest absolute Gasteiger partial charge is 0.496 e. The van der Waals surface area contributed by atoms with Crippen LogP contribution in [0.1, 0.15) is 34.8 Å². The normalized spacial score (nSPS) is 12.3. The average Bonchev–Trinajstić information content (AvgIpc) is 2.30. The van der Waals surface area contributed by atoms with Gasteiger partial charge in [-0.1, -0.05) is 6.92 Å². The van der Waals surface area contributed by atoms with Crippen LogP contribution in [0.3, 0.4) is 0 Å². The van der Waals surface area contributed by atoms with Crippen LogP contribution < -0.4 is 4.74 Å². The SMILES string of the molecule is CCC(CO)C(=O)c1cc(C)c(OC)c(C)c1. The van der Waals surface area contributed by atoms with E-state index in [0.717, 1.165) is 16.9 Å². The zero-order valence-electron chi connectivity index (χ0n) is 10.9. The van der Waals surface area contributed by atoms with Gasteiger partial charge in [-0.25, -0.2) is 0 Å². The fourth-order valence-corrected chi connectivity index (χ4v) is 2.05. The number of hydrogen-bond donors (Lipinski definition) is 1. The Labute approximate surface area is 102 Å². The van der Waals surface area contributed by atoms with Gasteiger partial charge < -0.3 is 9.84 Å². The van der Waals surface area contributed by atoms with Crippen molar-refractivity contribution in [1.82, 2.24) is 0 Å². The van der Waals surface area contributed by atoms with Gasteiger partial charge in [0, 0.05) is 11.5 Å². The Morgan fingerprint density at radius 1 is 1.35 bits per heavy atom. The molecule has 1 atom stereocenters. The van der Waals surface area contributed by atoms with Crippen molar-refractivity contribution in [2.75, 3.05) is 13.7 Å². The minimum Gasteiger partial charge on any atom is -0.496 e. The number of ether oxygens (including phenoxy) is 1. The van der Waals surface area contributed by atoms with E-state index in [4.69, 9.17) is 9.84 Å². The standard InChI is InChI=1S/C14H20O3/c1-5-11(8-15)13(16)12-6-9(2)14(17-4)10(3)7-12/h6-7,11,15H,5,8H2,1-4H3. The van der Waals surface area contributed by atoms with Gasteiger partial charge in [0.1, 0.15) is 5.75 Å². The molecule has 0 aliphatic heterocycles. The van der Waals surface area contributed by atoms with Crippen molar-refractivity contribution in [3.05, 3.63) is 28.8 Å². The summed E-state index contributed by atoms with van der Waals surface area (Å²) in [4.78, 5) is 12.1. The number of carbonyl (C=O) groups excluding carboxylic acids is 1. The Kier molecular flexibility index (Phi) is 4.70. The molecule has 0 aliphatic carbocycles. The molecule has 3 heteroatoms. The molecule has 0 fully saturated rings. The number of ketones is 1. The lowest BCUT2D eigenvalue weighted by atomic mass is 9.93. The minimum absolute atomic E-state index is 0.00357. The lowest BCUT2D eigenvalue weighted by molar-refractivity contribution is 0.0856. The molecular weight excluding hydrogens is 216 g/mol. The molecule has 1 aromatic carbocycles. The molecular formula is C14H20O3. The first-order valence-corrected chi connectivity index (χ1v) is 5.85. The number of rotatable bonds is 5. The first kappa shape index (κ1) is 13.7. The van der Waals surface area contributed by atoms with Crippen LogP contribution in [0.5, 0.6) is 5.75 Å². The molecule has 0 spiro atoms. The van der Waals surface area contributed by atoms with Crippen LogP contribution in [0, 0.1) is 19.8 Å². The number of aliphatic hydroxyl groups excluding tert-OH is 1. The zero-order chi connectivity index (χ0) is 13.0. The van der Waals surface area contributed by atoms with Crippen molar-refractivity contribution >= 4 is 5.78 Å². The quantitative estimate of drug-likeness (QED) is 0.799. The predicted octanol–water partition coefficient (Wildman–Crippen LogP) is 2.51. The Hall–Kier alpha value is -1.35. The summed E-state index contributed by atoms with van der Waals surface area (Å²) < 4.78 is 5.26. The van der Waals surface area contributed by atoms with Crippen LogP contribution in [0.25, 0.3) is 0 Å². The van der Waals surface area contributed by atoms with Crippen LogP contribution >= 0.6 is 0 Å². The lowest BCUT2D eigenvalue weighted by Gasteiger charge is -2.14. The molecule has 0 heterocycles. The average molecular weight is 236 g/mol. The second-order valence-corrected chi connectivity index (χ2v) is 4.30. The third kappa shape index (κ3) is 2.86. The summed E-state index contributed by atoms with van der Waals surface area (Å²) in [6.45, 7) is 5.65. The maximum atomic E-state index is 12.1. The lowest BCUT2D eigenvalue weighted by Crippen LogP contribution is -2.18. The highest BCUT2D eigenvalue weighted by atomic mass is 16.5. The molecule has 0 aromatic heterocycles. The number of benzene rings is 1. The molecule has 1 aromatic rings. The van der Waals surface area contributed by atoms with Crippen molar-refractivity contribution < 1.29 is 14.6 Å². The number of aryl methyl sites for hydroxylation is 2. The van der Waals surface area contributed by atoms with Crippen LogP contribution in [0.15, 0.2) is 12.1 Å². The number of methoxy groups -OCH3 is 1. The third-order valence-corrected chi connectivity index (χ3v) is 3.03. The zero-order valence-corrected chi connectivity index (χ0v) is 10.9. The fourth-order valence-electron chi connectivity index (χ4n) is 2.05. The summed E-state index contributed by atoms with van der Waals surface area (Å²) in [5.74, 6) is 0.518. The van der Waals surface area contributed by atoms with E-state index in [1.165, 1.54) is 0 Å². The van der Waals surface area contributed by atoms with Crippen molar-refractivity contribution in [3.8, 4) is 5.75 Å². The second-order valence-electron chi connectivity index (χ2n) is 4.30. The maximum Gasteiger partial charge on any atom is 0.168 e. The number of hydrogen-bond acceptors (Lipinski definition) is 3. The Morgan fingerprint density at radius 3 is 2.24 bits per heavy atom. The molecule has 0 saturated heterocycles. The molecule has 94 valence electrons. The molecule has 0 bridgehead atoms. The molecule has 3 nitrogen and oxygen atoms in total. The minimum atomic E-state index is -0.304. The van der Waals surface area contributed by atoms with Crippen molar-refractivity contribution in [2.45, 2.75) is 27.2 Å². The van der Waals surface area contributed by atoms with Gasteiger partial charge in [-0.15, -0.1) is 0 Å². The number of aliphatic hydroxyl groups is 1. The van der Waals surface area contributed by atoms with E-state index in [1.807, 2.05) is 32.9 Å². The first-order chi connectivity index (χ1) is 8.04. The third-order valence-electron chi connectivity index (χ3n) is 3.03. The van der Waals surface area contributed by atoms with E-state index in [1.54, 1.807) is 7.11 Å². The summed E-state index contributed by atoms with van der Waals surface area (Å²) in [5, 5.41) is 9.15. The number of Topliss-reactive ketones (excluding diaryl/α,β-unsaturated/α-hetero) is 1. The van der Waals surface area contributed by atoms with Crippen molar-refractivity contribution in [1.29, 1.82) is 0 Å². The monoisotopic (exact) mass is 236 g/mol. The summed E-state index contributed by atoms with van der Waals surface area (Å²) in [6.07, 6.45) is 0.652. The van der Waals surface area contributed by atoms with E-state index in [-0.39, 0.29) is 18.3 Å². The van der Waals surface area contributed by atoms with Gasteiger partial charge in [-0.3, -0.25) is 4.79 Å². The molecule has 0 amide bonds. The fraction of sp³-hybridized carbons (Fsp3) is 0.500. The second kappa shape index (κ2) is 5.82. The van der Waals surface area contributed by atoms with E-state index in [0.29, 0.717) is 12.0 Å². The molecule has 1 N–H and O–H groups in total. The van der Waals surface area contributed by atoms with Gasteiger partial charge in [0.15, 0.2) is 5.78 Å². The van der Waals surface area contributed by atoms with E-state index >= 15 is 0 Å². The van der Waals surface area contributed by atoms with Gasteiger partial charge in [-0.05, 0) is 43.5 Å². The van der Waals surface area contributed by atoms with Crippen molar-refractivity contribution in [3.63, 3.8) is 0 Å². The molecule has 0 saturated carbocycles. The Morgan fingerprint density at radius 2 is 1.88 bits per heavy atom. The predicted molar refractivity (Wildman–Crippen MR) is 67.7 cm³/mol. The molecule has 1 unspecified atom stereocenters. The maximum absolute atomic E-state index is 12.1. The number of carbonyl (C=O) groups is 1. The summed E-state index contributed by atoms with van der Waals surface area (Å²) in [5.41, 5.74) is 2.55. The van der Waals surface area contributed by atoms with E-state index in [9.17, 15) is 4.79 Å². The van der Waals surface area contributed by atoms with Crippen LogP contribution in [0.2, 0.25) is 0 Å². The summed E-state index contributed by atoms with van der Waals surface area (Å²) >= 11 is 0. The Balaban J connectivity index is 3.12. The van der Waals surface area contributed by atoms with Gasteiger partial charge in [0.25, 0.3) is 0 Å². The van der Waals surface area contributed by atoms with Crippen LogP contribution in [-0.2, 0) is 0 Å². The smallest absolute Gasteiger partial charge is 0.168 e. The molecule has 0 aliphatic rings. The summed E-state index contributed by atoms with van der Waals surface area (Å²) in [7, 11) is 1.62. The highest BCUT2D eigenvalue weighted by molar-refractivity contribution is 5.98. The molecule has 1 rings (SSSR count). The topological polar surface area (TPSA) is 46.5 Å². The van der Waals surface area contributed by atoms with Gasteiger partial charge >= 0.3 is 0 Å². The summed E-state index contributed by atoms with van der Waals surface area (Å²) in [6, 6.07) is 3.65. The van der Waals surface area contributed by atoms with E-state index < -0.39 is 0 Å². The highest BCUT2D eigenvalue weighted by Crippen LogP contribution is 2.25. The van der Waals surface area contributed by atoms with Crippen molar-refractivity contribution in [2.24, 2.45) is 5.92 Å². The van der Waals surface area contributed by atoms with Gasteiger partial charge in [0.05, 0.1) is 13.7 Å². The van der Waals surface area contributed by atoms with Gasteiger partial charge in [-0.2, -0.15) is 0 Å². The van der Waals surface area contributed by atoms with Gasteiger partial charge in [0.2, 0.25) is 0 Å².